The minimum Gasteiger partial charge on any atom is -0.435 e. The van der Waals surface area contributed by atoms with Gasteiger partial charge in [0.15, 0.2) is 0 Å². The first kappa shape index (κ1) is 28.6. The second-order valence-electron chi connectivity index (χ2n) is 10.9. The summed E-state index contributed by atoms with van der Waals surface area (Å²) in [4.78, 5) is 24.3. The van der Waals surface area contributed by atoms with Crippen molar-refractivity contribution in [2.45, 2.75) is 98.4 Å². The van der Waals surface area contributed by atoms with Crippen molar-refractivity contribution in [1.29, 1.82) is 0 Å². The molecule has 1 aliphatic heterocycles. The van der Waals surface area contributed by atoms with E-state index in [1.807, 2.05) is 12.2 Å². The molecule has 1 spiro atoms. The zero-order valence-electron chi connectivity index (χ0n) is 23.0. The molecular formula is C29H44O7. The van der Waals surface area contributed by atoms with Gasteiger partial charge in [-0.15, -0.1) is 0 Å². The van der Waals surface area contributed by atoms with Gasteiger partial charge in [0.2, 0.25) is 12.6 Å². The summed E-state index contributed by atoms with van der Waals surface area (Å²) in [7, 11) is 1.69. The lowest BCUT2D eigenvalue weighted by Gasteiger charge is -2.60. The van der Waals surface area contributed by atoms with Crippen molar-refractivity contribution < 1.29 is 33.3 Å². The normalized spacial score (nSPS) is 38.0. The molecule has 2 fully saturated rings. The lowest BCUT2D eigenvalue weighted by molar-refractivity contribution is -0.247. The molecule has 0 aromatic heterocycles. The zero-order valence-corrected chi connectivity index (χ0v) is 23.0. The Balaban J connectivity index is 2.20. The lowest BCUT2D eigenvalue weighted by Crippen LogP contribution is -2.61. The average molecular weight is 505 g/mol. The molecule has 3 rings (SSSR count). The Bertz CT molecular complexity index is 892. The first-order valence-electron chi connectivity index (χ1n) is 13.2. The van der Waals surface area contributed by atoms with Crippen molar-refractivity contribution in [3.8, 4) is 0 Å². The van der Waals surface area contributed by atoms with E-state index in [0.29, 0.717) is 13.0 Å². The molecule has 2 aliphatic carbocycles. The zero-order chi connectivity index (χ0) is 26.7. The third kappa shape index (κ3) is 5.34. The Morgan fingerprint density at radius 1 is 1.22 bits per heavy atom. The molecule has 0 N–H and O–H groups in total. The predicted molar refractivity (Wildman–Crippen MR) is 137 cm³/mol. The molecule has 0 bridgehead atoms. The average Bonchev–Trinajstić information content (AvgIpc) is 3.10. The highest BCUT2D eigenvalue weighted by molar-refractivity contribution is 5.67. The molecule has 0 aromatic carbocycles. The Labute approximate surface area is 216 Å². The molecule has 36 heavy (non-hydrogen) atoms. The van der Waals surface area contributed by atoms with Crippen LogP contribution in [0.2, 0.25) is 0 Å². The summed E-state index contributed by atoms with van der Waals surface area (Å²) in [6, 6.07) is 0. The number of hydrogen-bond donors (Lipinski definition) is 0. The van der Waals surface area contributed by atoms with Gasteiger partial charge in [-0.3, -0.25) is 14.3 Å². The monoisotopic (exact) mass is 504 g/mol. The molecule has 7 heteroatoms. The first-order valence-corrected chi connectivity index (χ1v) is 13.2. The fourth-order valence-electron chi connectivity index (χ4n) is 6.50. The summed E-state index contributed by atoms with van der Waals surface area (Å²) in [5.74, 6) is -0.657. The number of allylic oxidation sites excluding steroid dienone is 3. The molecule has 1 saturated heterocycles. The number of hydrogen-bond acceptors (Lipinski definition) is 7. The van der Waals surface area contributed by atoms with Crippen LogP contribution in [0.15, 0.2) is 36.0 Å². The highest BCUT2D eigenvalue weighted by Gasteiger charge is 2.69. The smallest absolute Gasteiger partial charge is 0.305 e. The second kappa shape index (κ2) is 11.6. The summed E-state index contributed by atoms with van der Waals surface area (Å²) < 4.78 is 30.1. The summed E-state index contributed by atoms with van der Waals surface area (Å²) in [5, 5.41) is 0. The predicted octanol–water partition coefficient (Wildman–Crippen LogP) is 5.50. The van der Waals surface area contributed by atoms with E-state index in [9.17, 15) is 9.59 Å². The first-order chi connectivity index (χ1) is 17.0. The Morgan fingerprint density at radius 3 is 2.50 bits per heavy atom. The largest absolute Gasteiger partial charge is 0.435 e. The SMILES string of the molecule is C=C/C(C)=C\C[C@]1(C)[C@H](C)[C@@H](OCCCC)CC23C(=C[C@H](OC)C[C@H]21)[C@@H](OC(C)=O)O[C@H]3OC(C)=O. The van der Waals surface area contributed by atoms with Crippen LogP contribution in [0.25, 0.3) is 0 Å². The van der Waals surface area contributed by atoms with Gasteiger partial charge in [0, 0.05) is 33.1 Å². The third-order valence-corrected chi connectivity index (χ3v) is 8.71. The van der Waals surface area contributed by atoms with Crippen LogP contribution in [0.4, 0.5) is 0 Å². The molecular weight excluding hydrogens is 460 g/mol. The Hall–Kier alpha value is -1.96. The van der Waals surface area contributed by atoms with Crippen molar-refractivity contribution in [3.05, 3.63) is 36.0 Å². The van der Waals surface area contributed by atoms with E-state index in [2.05, 4.69) is 40.3 Å². The van der Waals surface area contributed by atoms with Crippen molar-refractivity contribution >= 4 is 11.9 Å². The van der Waals surface area contributed by atoms with E-state index < -0.39 is 29.9 Å². The lowest BCUT2D eigenvalue weighted by atomic mass is 9.45. The fraction of sp³-hybridized carbons (Fsp3) is 0.724. The second-order valence-corrected chi connectivity index (χ2v) is 10.9. The minimum absolute atomic E-state index is 0.0229. The van der Waals surface area contributed by atoms with Crippen LogP contribution in [0.3, 0.4) is 0 Å². The summed E-state index contributed by atoms with van der Waals surface area (Å²) in [6.45, 7) is 16.1. The van der Waals surface area contributed by atoms with Gasteiger partial charge in [-0.05, 0) is 55.9 Å². The Kier molecular flexibility index (Phi) is 9.23. The highest BCUT2D eigenvalue weighted by atomic mass is 16.8. The van der Waals surface area contributed by atoms with Gasteiger partial charge in [0.25, 0.3) is 0 Å². The van der Waals surface area contributed by atoms with Crippen LogP contribution in [0.1, 0.15) is 73.6 Å². The standard InChI is InChI=1S/C29H44O7/c1-9-11-14-33-24-17-29-23(26(34-20(5)30)36-27(29)35-21(6)31)15-22(32-8)16-25(29)28(7,19(24)4)13-12-18(3)10-2/h10,12,15,19,22,24-27H,2,9,11,13-14,16-17H2,1,3-8H3/b18-12-/t19-,22+,24+,25+,26+,27-,28-,29?/m1/s1. The number of carbonyl (C=O) groups is 2. The highest BCUT2D eigenvalue weighted by Crippen LogP contribution is 2.67. The van der Waals surface area contributed by atoms with Gasteiger partial charge in [-0.2, -0.15) is 0 Å². The number of rotatable bonds is 10. The molecule has 0 radical (unpaired) electrons. The molecule has 7 nitrogen and oxygen atoms in total. The van der Waals surface area contributed by atoms with Gasteiger partial charge < -0.3 is 18.9 Å². The van der Waals surface area contributed by atoms with E-state index in [-0.39, 0.29) is 29.5 Å². The third-order valence-electron chi connectivity index (χ3n) is 8.71. The summed E-state index contributed by atoms with van der Waals surface area (Å²) in [5.41, 5.74) is 0.981. The number of ether oxygens (including phenoxy) is 5. The van der Waals surface area contributed by atoms with Crippen LogP contribution < -0.4 is 0 Å². The van der Waals surface area contributed by atoms with Crippen LogP contribution in [-0.4, -0.2) is 50.4 Å². The van der Waals surface area contributed by atoms with Crippen molar-refractivity contribution in [1.82, 2.24) is 0 Å². The van der Waals surface area contributed by atoms with Crippen molar-refractivity contribution in [2.75, 3.05) is 13.7 Å². The van der Waals surface area contributed by atoms with Crippen LogP contribution >= 0.6 is 0 Å². The van der Waals surface area contributed by atoms with Gasteiger partial charge in [0.05, 0.1) is 17.6 Å². The maximum Gasteiger partial charge on any atom is 0.305 e. The molecule has 1 saturated carbocycles. The topological polar surface area (TPSA) is 80.3 Å². The van der Waals surface area contributed by atoms with E-state index in [4.69, 9.17) is 23.7 Å². The van der Waals surface area contributed by atoms with Gasteiger partial charge in [0.1, 0.15) is 0 Å². The quantitative estimate of drug-likeness (QED) is 0.168. The molecule has 202 valence electrons. The van der Waals surface area contributed by atoms with E-state index in [0.717, 1.165) is 36.8 Å². The summed E-state index contributed by atoms with van der Waals surface area (Å²) in [6.07, 6.45) is 8.17. The molecule has 0 aromatic rings. The van der Waals surface area contributed by atoms with E-state index in [1.54, 1.807) is 7.11 Å². The van der Waals surface area contributed by atoms with Crippen molar-refractivity contribution in [3.63, 3.8) is 0 Å². The maximum atomic E-state index is 12.3. The van der Waals surface area contributed by atoms with Crippen LogP contribution in [-0.2, 0) is 33.3 Å². The molecule has 1 unspecified atom stereocenters. The van der Waals surface area contributed by atoms with Gasteiger partial charge in [-0.25, -0.2) is 0 Å². The maximum absolute atomic E-state index is 12.3. The van der Waals surface area contributed by atoms with E-state index >= 15 is 0 Å². The minimum atomic E-state index is -0.938. The van der Waals surface area contributed by atoms with Gasteiger partial charge in [-0.1, -0.05) is 51.5 Å². The molecule has 8 atom stereocenters. The van der Waals surface area contributed by atoms with E-state index in [1.165, 1.54) is 13.8 Å². The van der Waals surface area contributed by atoms with Gasteiger partial charge >= 0.3 is 11.9 Å². The number of unbranched alkanes of at least 4 members (excludes halogenated alkanes) is 1. The van der Waals surface area contributed by atoms with Crippen LogP contribution in [0, 0.1) is 22.7 Å². The molecule has 0 amide bonds. The number of methoxy groups -OCH3 is 1. The summed E-state index contributed by atoms with van der Waals surface area (Å²) >= 11 is 0. The molecule has 1 heterocycles. The van der Waals surface area contributed by atoms with Crippen molar-refractivity contribution in [2.24, 2.45) is 22.7 Å². The Morgan fingerprint density at radius 2 is 1.92 bits per heavy atom. The molecule has 3 aliphatic rings. The van der Waals surface area contributed by atoms with Crippen LogP contribution in [0.5, 0.6) is 0 Å². The number of esters is 2. The fourth-order valence-corrected chi connectivity index (χ4v) is 6.50. The number of carbonyl (C=O) groups excluding carboxylic acids is 2.